The Kier molecular flexibility index (Phi) is 2.91. The molecule has 3 rings (SSSR count). The summed E-state index contributed by atoms with van der Waals surface area (Å²) in [4.78, 5) is 0.200. The van der Waals surface area contributed by atoms with Gasteiger partial charge in [0.05, 0.1) is 5.69 Å². The van der Waals surface area contributed by atoms with Crippen LogP contribution in [0.2, 0.25) is 0 Å². The molecule has 0 saturated carbocycles. The van der Waals surface area contributed by atoms with Gasteiger partial charge in [-0.1, -0.05) is 46.3 Å². The molecule has 0 amide bonds. The van der Waals surface area contributed by atoms with Crippen molar-refractivity contribution < 1.29 is 8.42 Å². The van der Waals surface area contributed by atoms with Crippen LogP contribution < -0.4 is 5.32 Å². The van der Waals surface area contributed by atoms with Crippen LogP contribution in [0, 0.1) is 0 Å². The molecule has 0 bridgehead atoms. The predicted octanol–water partition coefficient (Wildman–Crippen LogP) is 3.01. The molecule has 96 valence electrons. The van der Waals surface area contributed by atoms with Gasteiger partial charge < -0.3 is 5.32 Å². The number of hydrogen-bond acceptors (Lipinski definition) is 3. The highest BCUT2D eigenvalue weighted by molar-refractivity contribution is 9.10. The SMILES string of the molecule is O=S1(=O)N=C(c2ccccc2Br)Nc2ccccc21. The van der Waals surface area contributed by atoms with Gasteiger partial charge in [0.1, 0.15) is 4.90 Å². The van der Waals surface area contributed by atoms with E-state index in [9.17, 15) is 8.42 Å². The molecule has 0 aliphatic carbocycles. The van der Waals surface area contributed by atoms with Crippen LogP contribution >= 0.6 is 15.9 Å². The molecule has 6 heteroatoms. The van der Waals surface area contributed by atoms with Gasteiger partial charge in [-0.2, -0.15) is 8.42 Å². The lowest BCUT2D eigenvalue weighted by molar-refractivity contribution is 0.598. The van der Waals surface area contributed by atoms with Crippen LogP contribution in [0.15, 0.2) is 62.3 Å². The summed E-state index contributed by atoms with van der Waals surface area (Å²) >= 11 is 3.39. The van der Waals surface area contributed by atoms with E-state index in [0.717, 1.165) is 4.47 Å². The highest BCUT2D eigenvalue weighted by Crippen LogP contribution is 2.29. The first kappa shape index (κ1) is 12.4. The van der Waals surface area contributed by atoms with E-state index in [1.165, 1.54) is 6.07 Å². The summed E-state index contributed by atoms with van der Waals surface area (Å²) < 4.78 is 28.9. The zero-order valence-corrected chi connectivity index (χ0v) is 12.1. The molecule has 1 aliphatic heterocycles. The van der Waals surface area contributed by atoms with Crippen molar-refractivity contribution in [2.45, 2.75) is 4.90 Å². The standard InChI is InChI=1S/C13H9BrN2O2S/c14-10-6-2-1-5-9(10)13-15-11-7-3-4-8-12(11)19(17,18)16-13/h1-8H,(H,15,16). The molecule has 0 aromatic heterocycles. The third kappa shape index (κ3) is 2.17. The molecule has 2 aromatic rings. The van der Waals surface area contributed by atoms with E-state index >= 15 is 0 Å². The van der Waals surface area contributed by atoms with Gasteiger partial charge >= 0.3 is 0 Å². The third-order valence-corrected chi connectivity index (χ3v) is 4.78. The number of anilines is 1. The molecule has 4 nitrogen and oxygen atoms in total. The number of sulfonamides is 1. The minimum absolute atomic E-state index is 0.200. The zero-order chi connectivity index (χ0) is 13.5. The van der Waals surface area contributed by atoms with Crippen LogP contribution in [0.4, 0.5) is 5.69 Å². The fourth-order valence-corrected chi connectivity index (χ4v) is 3.49. The average Bonchev–Trinajstić information content (AvgIpc) is 2.38. The number of nitrogens with zero attached hydrogens (tertiary/aromatic N) is 1. The quantitative estimate of drug-likeness (QED) is 0.870. The summed E-state index contributed by atoms with van der Waals surface area (Å²) in [6.07, 6.45) is 0. The topological polar surface area (TPSA) is 58.5 Å². The molecule has 1 N–H and O–H groups in total. The number of amidine groups is 1. The fourth-order valence-electron chi connectivity index (χ4n) is 1.88. The molecule has 1 heterocycles. The van der Waals surface area contributed by atoms with Crippen molar-refractivity contribution in [3.8, 4) is 0 Å². The Balaban J connectivity index is 2.19. The summed E-state index contributed by atoms with van der Waals surface area (Å²) in [6, 6.07) is 14.1. The number of benzene rings is 2. The van der Waals surface area contributed by atoms with E-state index in [1.807, 2.05) is 18.2 Å². The van der Waals surface area contributed by atoms with E-state index in [2.05, 4.69) is 25.6 Å². The Morgan fingerprint density at radius 3 is 2.47 bits per heavy atom. The average molecular weight is 337 g/mol. The van der Waals surface area contributed by atoms with Gasteiger partial charge in [-0.25, -0.2) is 0 Å². The highest BCUT2D eigenvalue weighted by atomic mass is 79.9. The molecule has 2 aromatic carbocycles. The first-order valence-electron chi connectivity index (χ1n) is 5.54. The Hall–Kier alpha value is -1.66. The van der Waals surface area contributed by atoms with Crippen molar-refractivity contribution in [3.63, 3.8) is 0 Å². The van der Waals surface area contributed by atoms with Crippen LogP contribution in [0.3, 0.4) is 0 Å². The first-order chi connectivity index (χ1) is 9.08. The second-order valence-corrected chi connectivity index (χ2v) is 6.44. The van der Waals surface area contributed by atoms with Crippen molar-refractivity contribution in [3.05, 3.63) is 58.6 Å². The highest BCUT2D eigenvalue weighted by Gasteiger charge is 2.25. The molecule has 0 saturated heterocycles. The van der Waals surface area contributed by atoms with Gasteiger partial charge in [-0.15, -0.1) is 4.40 Å². The molecule has 19 heavy (non-hydrogen) atoms. The maximum Gasteiger partial charge on any atom is 0.286 e. The predicted molar refractivity (Wildman–Crippen MR) is 77.9 cm³/mol. The second kappa shape index (κ2) is 4.47. The number of para-hydroxylation sites is 1. The van der Waals surface area contributed by atoms with Gasteiger partial charge in [-0.3, -0.25) is 0 Å². The van der Waals surface area contributed by atoms with Crippen molar-refractivity contribution >= 4 is 37.5 Å². The van der Waals surface area contributed by atoms with Crippen LogP contribution in [-0.2, 0) is 10.0 Å². The van der Waals surface area contributed by atoms with E-state index in [1.54, 1.807) is 24.3 Å². The Morgan fingerprint density at radius 1 is 1.00 bits per heavy atom. The van der Waals surface area contributed by atoms with Gasteiger partial charge in [0, 0.05) is 10.0 Å². The van der Waals surface area contributed by atoms with E-state index in [-0.39, 0.29) is 4.90 Å². The van der Waals surface area contributed by atoms with Gasteiger partial charge in [0.2, 0.25) is 0 Å². The molecular formula is C13H9BrN2O2S. The first-order valence-corrected chi connectivity index (χ1v) is 7.77. The lowest BCUT2D eigenvalue weighted by Crippen LogP contribution is -2.22. The van der Waals surface area contributed by atoms with Gasteiger partial charge in [0.25, 0.3) is 10.0 Å². The summed E-state index contributed by atoms with van der Waals surface area (Å²) in [5, 5.41) is 3.05. The van der Waals surface area contributed by atoms with Crippen LogP contribution in [0.25, 0.3) is 0 Å². The number of fused-ring (bicyclic) bond motifs is 1. The number of hydrogen-bond donors (Lipinski definition) is 1. The van der Waals surface area contributed by atoms with Gasteiger partial charge in [0.15, 0.2) is 5.84 Å². The van der Waals surface area contributed by atoms with Crippen molar-refractivity contribution in [2.75, 3.05) is 5.32 Å². The Morgan fingerprint density at radius 2 is 1.68 bits per heavy atom. The number of rotatable bonds is 1. The largest absolute Gasteiger partial charge is 0.338 e. The smallest absolute Gasteiger partial charge is 0.286 e. The third-order valence-electron chi connectivity index (χ3n) is 2.76. The van der Waals surface area contributed by atoms with Crippen molar-refractivity contribution in [2.24, 2.45) is 4.40 Å². The van der Waals surface area contributed by atoms with E-state index < -0.39 is 10.0 Å². The molecular weight excluding hydrogens is 328 g/mol. The minimum atomic E-state index is -3.65. The van der Waals surface area contributed by atoms with E-state index in [4.69, 9.17) is 0 Å². The molecule has 0 spiro atoms. The lowest BCUT2D eigenvalue weighted by Gasteiger charge is -2.18. The monoisotopic (exact) mass is 336 g/mol. The summed E-state index contributed by atoms with van der Waals surface area (Å²) in [6.45, 7) is 0. The summed E-state index contributed by atoms with van der Waals surface area (Å²) in [7, 11) is -3.65. The molecule has 0 atom stereocenters. The number of halogens is 1. The van der Waals surface area contributed by atoms with E-state index in [0.29, 0.717) is 17.1 Å². The van der Waals surface area contributed by atoms with Crippen molar-refractivity contribution in [1.29, 1.82) is 0 Å². The summed E-state index contributed by atoms with van der Waals surface area (Å²) in [5.74, 6) is 0.325. The molecule has 1 aliphatic rings. The van der Waals surface area contributed by atoms with Crippen LogP contribution in [-0.4, -0.2) is 14.3 Å². The molecule has 0 radical (unpaired) electrons. The normalized spacial score (nSPS) is 16.2. The maximum absolute atomic E-state index is 12.1. The van der Waals surface area contributed by atoms with Crippen LogP contribution in [0.1, 0.15) is 5.56 Å². The van der Waals surface area contributed by atoms with Crippen LogP contribution in [0.5, 0.6) is 0 Å². The second-order valence-electron chi connectivity index (χ2n) is 4.02. The summed E-state index contributed by atoms with van der Waals surface area (Å²) in [5.41, 5.74) is 1.25. The minimum Gasteiger partial charge on any atom is -0.338 e. The maximum atomic E-state index is 12.1. The number of nitrogens with one attached hydrogen (secondary N) is 1. The Labute approximate surface area is 119 Å². The molecule has 0 unspecified atom stereocenters. The fraction of sp³-hybridized carbons (Fsp3) is 0. The zero-order valence-electron chi connectivity index (χ0n) is 9.67. The Bertz CT molecular complexity index is 785. The lowest BCUT2D eigenvalue weighted by atomic mass is 10.2. The van der Waals surface area contributed by atoms with Gasteiger partial charge in [-0.05, 0) is 18.2 Å². The molecule has 0 fully saturated rings. The van der Waals surface area contributed by atoms with Crippen molar-refractivity contribution in [1.82, 2.24) is 0 Å².